The van der Waals surface area contributed by atoms with Gasteiger partial charge >= 0.3 is 0 Å². The molecule has 1 aromatic heterocycles. The number of aliphatic imine (C=N–C) groups is 1. The van der Waals surface area contributed by atoms with Gasteiger partial charge in [0.1, 0.15) is 5.76 Å². The van der Waals surface area contributed by atoms with E-state index in [-0.39, 0.29) is 0 Å². The highest BCUT2D eigenvalue weighted by Gasteiger charge is 2.19. The van der Waals surface area contributed by atoms with E-state index >= 15 is 0 Å². The molecule has 1 aliphatic heterocycles. The first-order valence-electron chi connectivity index (χ1n) is 9.14. The van der Waals surface area contributed by atoms with Crippen molar-refractivity contribution in [2.75, 3.05) is 31.1 Å². The molecule has 140 valence electrons. The first-order chi connectivity index (χ1) is 12.6. The third-order valence-corrected chi connectivity index (χ3v) is 5.05. The lowest BCUT2D eigenvalue weighted by Gasteiger charge is -2.36. The largest absolute Gasteiger partial charge is 0.370 e. The Morgan fingerprint density at radius 3 is 2.46 bits per heavy atom. The van der Waals surface area contributed by atoms with Gasteiger partial charge in [-0.05, 0) is 30.7 Å². The number of aromatic nitrogens is 1. The number of nitrogens with two attached hydrogens (primary N) is 1. The Bertz CT molecular complexity index is 726. The molecule has 26 heavy (non-hydrogen) atoms. The lowest BCUT2D eigenvalue weighted by Crippen LogP contribution is -2.51. The van der Waals surface area contributed by atoms with E-state index in [9.17, 15) is 0 Å². The summed E-state index contributed by atoms with van der Waals surface area (Å²) in [4.78, 5) is 9.08. The monoisotopic (exact) mass is 375 g/mol. The maximum absolute atomic E-state index is 6.24. The first-order valence-corrected chi connectivity index (χ1v) is 9.51. The second kappa shape index (κ2) is 8.45. The number of halogens is 1. The van der Waals surface area contributed by atoms with Gasteiger partial charge in [0.05, 0.1) is 12.2 Å². The van der Waals surface area contributed by atoms with E-state index in [4.69, 9.17) is 21.9 Å². The van der Waals surface area contributed by atoms with Crippen LogP contribution in [0, 0.1) is 0 Å². The van der Waals surface area contributed by atoms with Crippen molar-refractivity contribution in [1.82, 2.24) is 10.1 Å². The average Bonchev–Trinajstić information content (AvgIpc) is 3.09. The third kappa shape index (κ3) is 4.12. The van der Waals surface area contributed by atoms with Gasteiger partial charge in [-0.25, -0.2) is 4.99 Å². The highest BCUT2D eigenvalue weighted by Crippen LogP contribution is 2.20. The van der Waals surface area contributed by atoms with E-state index < -0.39 is 0 Å². The summed E-state index contributed by atoms with van der Waals surface area (Å²) >= 11 is 5.97. The summed E-state index contributed by atoms with van der Waals surface area (Å²) in [6.07, 6.45) is 1.66. The summed E-state index contributed by atoms with van der Waals surface area (Å²) in [6.45, 7) is 8.18. The lowest BCUT2D eigenvalue weighted by atomic mass is 10.1. The summed E-state index contributed by atoms with van der Waals surface area (Å²) in [6, 6.07) is 7.96. The number of anilines is 1. The summed E-state index contributed by atoms with van der Waals surface area (Å²) in [5, 5.41) is 4.89. The van der Waals surface area contributed by atoms with Crippen LogP contribution in [0.25, 0.3) is 0 Å². The van der Waals surface area contributed by atoms with Crippen molar-refractivity contribution < 1.29 is 4.52 Å². The van der Waals surface area contributed by atoms with Crippen molar-refractivity contribution in [2.24, 2.45) is 10.7 Å². The lowest BCUT2D eigenvalue weighted by molar-refractivity contribution is 0.378. The van der Waals surface area contributed by atoms with Crippen molar-refractivity contribution in [1.29, 1.82) is 0 Å². The van der Waals surface area contributed by atoms with E-state index in [1.54, 1.807) is 0 Å². The molecule has 1 aromatic carbocycles. The Hall–Kier alpha value is -2.21. The Balaban J connectivity index is 1.59. The van der Waals surface area contributed by atoms with Crippen molar-refractivity contribution in [3.63, 3.8) is 0 Å². The van der Waals surface area contributed by atoms with Gasteiger partial charge in [0.2, 0.25) is 0 Å². The molecule has 0 saturated carbocycles. The van der Waals surface area contributed by atoms with Crippen LogP contribution in [-0.2, 0) is 19.4 Å². The molecule has 7 heteroatoms. The molecular formula is C19H26ClN5O. The van der Waals surface area contributed by atoms with Gasteiger partial charge in [-0.3, -0.25) is 0 Å². The van der Waals surface area contributed by atoms with Crippen molar-refractivity contribution in [3.05, 3.63) is 46.3 Å². The number of piperazine rings is 1. The van der Waals surface area contributed by atoms with Gasteiger partial charge in [-0.2, -0.15) is 0 Å². The first kappa shape index (κ1) is 18.6. The molecule has 3 rings (SSSR count). The summed E-state index contributed by atoms with van der Waals surface area (Å²) in [7, 11) is 0. The number of benzene rings is 1. The van der Waals surface area contributed by atoms with Crippen LogP contribution in [0.15, 0.2) is 33.8 Å². The number of rotatable bonds is 5. The second-order valence-electron chi connectivity index (χ2n) is 6.36. The van der Waals surface area contributed by atoms with Crippen LogP contribution in [0.4, 0.5) is 5.69 Å². The van der Waals surface area contributed by atoms with Crippen molar-refractivity contribution >= 4 is 23.2 Å². The fourth-order valence-corrected chi connectivity index (χ4v) is 3.35. The molecule has 1 aliphatic rings. The minimum Gasteiger partial charge on any atom is -0.370 e. The molecule has 2 heterocycles. The standard InChI is InChI=1S/C19H26ClN5O/c1-3-17-16(18(4-2)26-23-17)13-22-19(21)25-11-9-24(10-12-25)15-7-5-14(20)6-8-15/h5-8H,3-4,9-13H2,1-2H3,(H2,21,22). The normalized spacial score (nSPS) is 15.6. The van der Waals surface area contributed by atoms with Crippen LogP contribution in [-0.4, -0.2) is 42.2 Å². The molecule has 0 atom stereocenters. The van der Waals surface area contributed by atoms with Gasteiger partial charge in [-0.1, -0.05) is 30.6 Å². The number of guanidine groups is 1. The van der Waals surface area contributed by atoms with E-state index in [1.165, 1.54) is 5.69 Å². The molecule has 1 saturated heterocycles. The van der Waals surface area contributed by atoms with Gasteiger partial charge in [0, 0.05) is 48.9 Å². The van der Waals surface area contributed by atoms with E-state index in [2.05, 4.69) is 45.9 Å². The minimum absolute atomic E-state index is 0.527. The van der Waals surface area contributed by atoms with E-state index in [0.29, 0.717) is 12.5 Å². The predicted octanol–water partition coefficient (Wildman–Crippen LogP) is 3.09. The fourth-order valence-electron chi connectivity index (χ4n) is 3.22. The Morgan fingerprint density at radius 2 is 1.85 bits per heavy atom. The van der Waals surface area contributed by atoms with Crippen LogP contribution in [0.5, 0.6) is 0 Å². The van der Waals surface area contributed by atoms with E-state index in [0.717, 1.165) is 61.1 Å². The molecule has 0 aliphatic carbocycles. The van der Waals surface area contributed by atoms with Crippen LogP contribution >= 0.6 is 11.6 Å². The Kier molecular flexibility index (Phi) is 6.04. The molecule has 6 nitrogen and oxygen atoms in total. The fraction of sp³-hybridized carbons (Fsp3) is 0.474. The van der Waals surface area contributed by atoms with E-state index in [1.807, 2.05) is 12.1 Å². The second-order valence-corrected chi connectivity index (χ2v) is 6.80. The molecule has 0 bridgehead atoms. The Labute approximate surface area is 159 Å². The summed E-state index contributed by atoms with van der Waals surface area (Å²) in [5.41, 5.74) is 9.49. The molecule has 1 fully saturated rings. The Morgan fingerprint density at radius 1 is 1.15 bits per heavy atom. The number of hydrogen-bond donors (Lipinski definition) is 1. The average molecular weight is 376 g/mol. The SMILES string of the molecule is CCc1noc(CC)c1CN=C(N)N1CCN(c2ccc(Cl)cc2)CC1. The highest BCUT2D eigenvalue weighted by molar-refractivity contribution is 6.30. The molecule has 2 aromatic rings. The molecular weight excluding hydrogens is 350 g/mol. The topological polar surface area (TPSA) is 70.9 Å². The zero-order valence-electron chi connectivity index (χ0n) is 15.4. The maximum Gasteiger partial charge on any atom is 0.191 e. The predicted molar refractivity (Wildman–Crippen MR) is 106 cm³/mol. The van der Waals surface area contributed by atoms with Gasteiger partial charge in [0.15, 0.2) is 5.96 Å². The molecule has 0 radical (unpaired) electrons. The van der Waals surface area contributed by atoms with Gasteiger partial charge in [-0.15, -0.1) is 0 Å². The number of hydrogen-bond acceptors (Lipinski definition) is 4. The summed E-state index contributed by atoms with van der Waals surface area (Å²) in [5.74, 6) is 1.50. The maximum atomic E-state index is 6.24. The molecule has 0 spiro atoms. The number of aryl methyl sites for hydroxylation is 2. The summed E-state index contributed by atoms with van der Waals surface area (Å²) < 4.78 is 5.40. The van der Waals surface area contributed by atoms with Crippen molar-refractivity contribution in [3.8, 4) is 0 Å². The molecule has 2 N–H and O–H groups in total. The zero-order valence-corrected chi connectivity index (χ0v) is 16.2. The van der Waals surface area contributed by atoms with Crippen LogP contribution in [0.1, 0.15) is 30.9 Å². The van der Waals surface area contributed by atoms with Gasteiger partial charge in [0.25, 0.3) is 0 Å². The highest BCUT2D eigenvalue weighted by atomic mass is 35.5. The third-order valence-electron chi connectivity index (χ3n) is 4.80. The van der Waals surface area contributed by atoms with Crippen molar-refractivity contribution in [2.45, 2.75) is 33.2 Å². The smallest absolute Gasteiger partial charge is 0.191 e. The van der Waals surface area contributed by atoms with Gasteiger partial charge < -0.3 is 20.1 Å². The number of nitrogens with zero attached hydrogens (tertiary/aromatic N) is 4. The van der Waals surface area contributed by atoms with Crippen LogP contribution in [0.3, 0.4) is 0 Å². The molecule has 0 unspecified atom stereocenters. The molecule has 0 amide bonds. The minimum atomic E-state index is 0.527. The quantitative estimate of drug-likeness (QED) is 0.642. The van der Waals surface area contributed by atoms with Crippen LogP contribution in [0.2, 0.25) is 5.02 Å². The van der Waals surface area contributed by atoms with Crippen LogP contribution < -0.4 is 10.6 Å². The zero-order chi connectivity index (χ0) is 18.5.